The first kappa shape index (κ1) is 20.4. The zero-order valence-electron chi connectivity index (χ0n) is 13.2. The van der Waals surface area contributed by atoms with E-state index >= 15 is 0 Å². The van der Waals surface area contributed by atoms with Crippen molar-refractivity contribution in [3.05, 3.63) is 31.4 Å². The predicted molar refractivity (Wildman–Crippen MR) is 92.9 cm³/mol. The van der Waals surface area contributed by atoms with Crippen LogP contribution in [0.4, 0.5) is 10.5 Å². The maximum atomic E-state index is 11.3. The SMILES string of the molecule is CC(C)(Cc1cc(OCC(O)CO)c(I)cc1[N+](=O)[O-])OC(N)=O. The number of nitrogens with two attached hydrogens (primary N) is 1. The summed E-state index contributed by atoms with van der Waals surface area (Å²) in [7, 11) is 0. The van der Waals surface area contributed by atoms with Crippen LogP contribution >= 0.6 is 22.6 Å². The summed E-state index contributed by atoms with van der Waals surface area (Å²) in [6, 6.07) is 2.78. The van der Waals surface area contributed by atoms with Gasteiger partial charge in [0, 0.05) is 18.1 Å². The standard InChI is InChI=1S/C14H19IN2O7/c1-14(2,24-13(16)20)5-8-3-12(23-7-9(19)6-18)10(15)4-11(8)17(21)22/h3-4,9,18-19H,5-7H2,1-2H3,(H2,16,20). The predicted octanol–water partition coefficient (Wildman–Crippen LogP) is 1.35. The van der Waals surface area contributed by atoms with Crippen molar-refractivity contribution >= 4 is 34.4 Å². The van der Waals surface area contributed by atoms with Crippen molar-refractivity contribution < 1.29 is 29.4 Å². The summed E-state index contributed by atoms with van der Waals surface area (Å²) in [5, 5.41) is 29.4. The smallest absolute Gasteiger partial charge is 0.405 e. The molecular weight excluding hydrogens is 435 g/mol. The van der Waals surface area contributed by atoms with E-state index in [0.29, 0.717) is 14.9 Å². The highest BCUT2D eigenvalue weighted by atomic mass is 127. The summed E-state index contributed by atoms with van der Waals surface area (Å²) in [6.07, 6.45) is -1.99. The van der Waals surface area contributed by atoms with E-state index in [1.807, 2.05) is 22.6 Å². The Morgan fingerprint density at radius 2 is 2.12 bits per heavy atom. The van der Waals surface area contributed by atoms with Crippen molar-refractivity contribution in [2.24, 2.45) is 5.73 Å². The van der Waals surface area contributed by atoms with E-state index in [-0.39, 0.29) is 18.7 Å². The van der Waals surface area contributed by atoms with Gasteiger partial charge in [0.1, 0.15) is 24.1 Å². The summed E-state index contributed by atoms with van der Waals surface area (Å²) >= 11 is 1.87. The minimum atomic E-state index is -1.06. The first-order valence-corrected chi connectivity index (χ1v) is 8.00. The quantitative estimate of drug-likeness (QED) is 0.305. The van der Waals surface area contributed by atoms with Crippen molar-refractivity contribution in [1.82, 2.24) is 0 Å². The lowest BCUT2D eigenvalue weighted by molar-refractivity contribution is -0.385. The second-order valence-corrected chi connectivity index (χ2v) is 6.84. The normalized spacial score (nSPS) is 12.5. The van der Waals surface area contributed by atoms with Gasteiger partial charge in [-0.1, -0.05) is 0 Å². The van der Waals surface area contributed by atoms with E-state index in [4.69, 9.17) is 20.3 Å². The maximum absolute atomic E-state index is 11.3. The van der Waals surface area contributed by atoms with Gasteiger partial charge in [-0.2, -0.15) is 0 Å². The fourth-order valence-corrected chi connectivity index (χ4v) is 2.62. The van der Waals surface area contributed by atoms with Crippen LogP contribution in [0.2, 0.25) is 0 Å². The minimum absolute atomic E-state index is 0.0437. The van der Waals surface area contributed by atoms with Crippen LogP contribution in [0.1, 0.15) is 19.4 Å². The van der Waals surface area contributed by atoms with E-state index in [2.05, 4.69) is 0 Å². The van der Waals surface area contributed by atoms with Crippen LogP contribution in [0.25, 0.3) is 0 Å². The van der Waals surface area contributed by atoms with Crippen molar-refractivity contribution in [3.8, 4) is 5.75 Å². The first-order valence-electron chi connectivity index (χ1n) is 6.92. The van der Waals surface area contributed by atoms with Crippen molar-refractivity contribution in [2.75, 3.05) is 13.2 Å². The molecule has 0 saturated heterocycles. The molecule has 134 valence electrons. The number of primary amides is 1. The molecule has 1 unspecified atom stereocenters. The lowest BCUT2D eigenvalue weighted by Gasteiger charge is -2.24. The number of ether oxygens (including phenoxy) is 2. The number of amides is 1. The molecule has 0 bridgehead atoms. The van der Waals surface area contributed by atoms with Crippen LogP contribution in [0, 0.1) is 13.7 Å². The minimum Gasteiger partial charge on any atom is -0.490 e. The number of rotatable bonds is 8. The largest absolute Gasteiger partial charge is 0.490 e. The van der Waals surface area contributed by atoms with Crippen LogP contribution < -0.4 is 10.5 Å². The molecule has 1 amide bonds. The maximum Gasteiger partial charge on any atom is 0.405 e. The summed E-state index contributed by atoms with van der Waals surface area (Å²) in [5.41, 5.74) is 4.11. The number of hydrogen-bond acceptors (Lipinski definition) is 7. The van der Waals surface area contributed by atoms with Crippen LogP contribution in [0.5, 0.6) is 5.75 Å². The Balaban J connectivity index is 3.15. The topological polar surface area (TPSA) is 145 Å². The Kier molecular flexibility index (Phi) is 7.17. The Labute approximate surface area is 152 Å². The molecule has 24 heavy (non-hydrogen) atoms. The molecular formula is C14H19IN2O7. The second kappa shape index (κ2) is 8.44. The van der Waals surface area contributed by atoms with Crippen LogP contribution in [-0.2, 0) is 11.2 Å². The fraction of sp³-hybridized carbons (Fsp3) is 0.500. The van der Waals surface area contributed by atoms with Gasteiger partial charge in [-0.05, 0) is 42.5 Å². The van der Waals surface area contributed by atoms with Crippen LogP contribution in [0.3, 0.4) is 0 Å². The third-order valence-corrected chi connectivity index (χ3v) is 3.81. The van der Waals surface area contributed by atoms with Crippen molar-refractivity contribution in [2.45, 2.75) is 32.0 Å². The average Bonchev–Trinajstić information content (AvgIpc) is 2.44. The Hall–Kier alpha value is -1.66. The summed E-state index contributed by atoms with van der Waals surface area (Å²) < 4.78 is 10.8. The van der Waals surface area contributed by atoms with Gasteiger partial charge in [-0.3, -0.25) is 10.1 Å². The number of nitrogens with zero attached hydrogens (tertiary/aromatic N) is 1. The number of carbonyl (C=O) groups excluding carboxylic acids is 1. The van der Waals surface area contributed by atoms with Gasteiger partial charge in [-0.25, -0.2) is 4.79 Å². The van der Waals surface area contributed by atoms with Gasteiger partial charge in [0.05, 0.1) is 15.1 Å². The molecule has 0 heterocycles. The van der Waals surface area contributed by atoms with Gasteiger partial charge in [0.2, 0.25) is 0 Å². The highest BCUT2D eigenvalue weighted by Crippen LogP contribution is 2.33. The molecule has 9 nitrogen and oxygen atoms in total. The summed E-state index contributed by atoms with van der Waals surface area (Å²) in [5.74, 6) is 0.318. The Bertz CT molecular complexity index is 621. The molecule has 0 aromatic heterocycles. The van der Waals surface area contributed by atoms with E-state index in [1.165, 1.54) is 12.1 Å². The average molecular weight is 454 g/mol. The zero-order valence-corrected chi connectivity index (χ0v) is 15.3. The molecule has 0 aliphatic rings. The third-order valence-electron chi connectivity index (χ3n) is 2.96. The molecule has 0 fully saturated rings. The molecule has 1 atom stereocenters. The number of benzene rings is 1. The van der Waals surface area contributed by atoms with E-state index in [9.17, 15) is 20.0 Å². The lowest BCUT2D eigenvalue weighted by Crippen LogP contribution is -2.33. The molecule has 0 saturated carbocycles. The molecule has 0 spiro atoms. The number of nitro groups is 1. The number of carbonyl (C=O) groups is 1. The molecule has 0 aliphatic carbocycles. The summed E-state index contributed by atoms with van der Waals surface area (Å²) in [6.45, 7) is 2.53. The molecule has 0 aliphatic heterocycles. The van der Waals surface area contributed by atoms with Crippen LogP contribution in [-0.4, -0.2) is 46.1 Å². The van der Waals surface area contributed by atoms with E-state index < -0.39 is 29.3 Å². The van der Waals surface area contributed by atoms with Gasteiger partial charge in [-0.15, -0.1) is 0 Å². The number of aliphatic hydroxyl groups excluding tert-OH is 2. The molecule has 10 heteroatoms. The first-order chi connectivity index (χ1) is 11.1. The number of halogens is 1. The van der Waals surface area contributed by atoms with E-state index in [1.54, 1.807) is 13.8 Å². The third kappa shape index (κ3) is 6.09. The van der Waals surface area contributed by atoms with Crippen molar-refractivity contribution in [1.29, 1.82) is 0 Å². The monoisotopic (exact) mass is 454 g/mol. The highest BCUT2D eigenvalue weighted by Gasteiger charge is 2.28. The summed E-state index contributed by atoms with van der Waals surface area (Å²) in [4.78, 5) is 21.7. The van der Waals surface area contributed by atoms with Gasteiger partial charge >= 0.3 is 6.09 Å². The highest BCUT2D eigenvalue weighted by molar-refractivity contribution is 14.1. The van der Waals surface area contributed by atoms with Gasteiger partial charge in [0.15, 0.2) is 0 Å². The van der Waals surface area contributed by atoms with Crippen molar-refractivity contribution in [3.63, 3.8) is 0 Å². The Morgan fingerprint density at radius 1 is 1.50 bits per heavy atom. The van der Waals surface area contributed by atoms with Gasteiger partial charge < -0.3 is 25.4 Å². The molecule has 4 N–H and O–H groups in total. The molecule has 0 radical (unpaired) electrons. The second-order valence-electron chi connectivity index (χ2n) is 5.67. The molecule has 1 rings (SSSR count). The fourth-order valence-electron chi connectivity index (χ4n) is 2.01. The number of nitro benzene ring substituents is 1. The zero-order chi connectivity index (χ0) is 18.5. The van der Waals surface area contributed by atoms with E-state index in [0.717, 1.165) is 0 Å². The molecule has 1 aromatic rings. The lowest BCUT2D eigenvalue weighted by atomic mass is 9.97. The Morgan fingerprint density at radius 3 is 2.62 bits per heavy atom. The number of hydrogen-bond donors (Lipinski definition) is 3. The van der Waals surface area contributed by atoms with Gasteiger partial charge in [0.25, 0.3) is 5.69 Å². The van der Waals surface area contributed by atoms with Crippen LogP contribution in [0.15, 0.2) is 12.1 Å². The number of aliphatic hydroxyl groups is 2. The molecule has 1 aromatic carbocycles.